The number of nitrogens with zero attached hydrogens (tertiary/aromatic N) is 2. The van der Waals surface area contributed by atoms with E-state index < -0.39 is 12.0 Å². The zero-order chi connectivity index (χ0) is 15.6. The molecule has 0 aromatic heterocycles. The van der Waals surface area contributed by atoms with E-state index in [1.54, 1.807) is 4.90 Å². The van der Waals surface area contributed by atoms with Crippen LogP contribution in [0.25, 0.3) is 0 Å². The summed E-state index contributed by atoms with van der Waals surface area (Å²) in [5.74, 6) is 0.688. The van der Waals surface area contributed by atoms with Gasteiger partial charge in [0.25, 0.3) is 0 Å². The third kappa shape index (κ3) is 3.50. The van der Waals surface area contributed by atoms with Gasteiger partial charge in [-0.3, -0.25) is 0 Å². The van der Waals surface area contributed by atoms with Crippen molar-refractivity contribution < 1.29 is 14.7 Å². The van der Waals surface area contributed by atoms with Crippen molar-refractivity contribution in [3.05, 3.63) is 0 Å². The molecule has 2 aliphatic heterocycles. The minimum atomic E-state index is -0.860. The van der Waals surface area contributed by atoms with Crippen molar-refractivity contribution in [3.8, 4) is 0 Å². The van der Waals surface area contributed by atoms with Gasteiger partial charge in [0.1, 0.15) is 6.04 Å². The Bertz CT molecular complexity index is 397. The second-order valence-corrected chi connectivity index (χ2v) is 6.87. The first kappa shape index (κ1) is 16.1. The number of hydrogen-bond donors (Lipinski definition) is 1. The number of hydrogen-bond acceptors (Lipinski definition) is 2. The third-order valence-corrected chi connectivity index (χ3v) is 5.26. The Balaban J connectivity index is 2.02. The molecular formula is C16H28N2O3. The van der Waals surface area contributed by atoms with E-state index in [0.717, 1.165) is 32.4 Å². The molecule has 0 spiro atoms. The van der Waals surface area contributed by atoms with E-state index in [2.05, 4.69) is 20.8 Å². The van der Waals surface area contributed by atoms with Gasteiger partial charge in [-0.2, -0.15) is 0 Å². The zero-order valence-corrected chi connectivity index (χ0v) is 13.4. The lowest BCUT2D eigenvalue weighted by Gasteiger charge is -2.39. The van der Waals surface area contributed by atoms with Crippen molar-refractivity contribution in [1.29, 1.82) is 0 Å². The molecule has 3 unspecified atom stereocenters. The second-order valence-electron chi connectivity index (χ2n) is 6.87. The Hall–Kier alpha value is -1.26. The van der Waals surface area contributed by atoms with Crippen LogP contribution in [0.15, 0.2) is 0 Å². The average Bonchev–Trinajstić information content (AvgIpc) is 2.95. The Kier molecular flexibility index (Phi) is 5.12. The van der Waals surface area contributed by atoms with E-state index >= 15 is 0 Å². The highest BCUT2D eigenvalue weighted by Gasteiger charge is 2.39. The van der Waals surface area contributed by atoms with E-state index in [4.69, 9.17) is 0 Å². The molecule has 3 atom stereocenters. The number of urea groups is 1. The number of carbonyl (C=O) groups is 2. The van der Waals surface area contributed by atoms with Crippen LogP contribution in [0.5, 0.6) is 0 Å². The molecule has 2 aliphatic rings. The monoisotopic (exact) mass is 296 g/mol. The molecular weight excluding hydrogens is 268 g/mol. The Morgan fingerprint density at radius 3 is 2.48 bits per heavy atom. The van der Waals surface area contributed by atoms with Crippen molar-refractivity contribution in [1.82, 2.24) is 9.80 Å². The van der Waals surface area contributed by atoms with Gasteiger partial charge in [0, 0.05) is 19.6 Å². The molecule has 0 aromatic rings. The maximum Gasteiger partial charge on any atom is 0.326 e. The summed E-state index contributed by atoms with van der Waals surface area (Å²) in [5, 5.41) is 9.44. The number of amides is 2. The molecule has 2 amide bonds. The van der Waals surface area contributed by atoms with E-state index in [0.29, 0.717) is 30.7 Å². The summed E-state index contributed by atoms with van der Waals surface area (Å²) in [6.45, 7) is 8.58. The van der Waals surface area contributed by atoms with Crippen molar-refractivity contribution in [3.63, 3.8) is 0 Å². The minimum absolute atomic E-state index is 0.0693. The first-order valence-corrected chi connectivity index (χ1v) is 8.22. The number of piperidine rings is 1. The van der Waals surface area contributed by atoms with Gasteiger partial charge in [-0.15, -0.1) is 0 Å². The highest BCUT2D eigenvalue weighted by atomic mass is 16.4. The van der Waals surface area contributed by atoms with Gasteiger partial charge >= 0.3 is 12.0 Å². The number of aliphatic carboxylic acids is 1. The van der Waals surface area contributed by atoms with Gasteiger partial charge in [0.15, 0.2) is 0 Å². The SMILES string of the molecule is CCC1CCN(C(=O)N2CCC(C(C)C)C2)C(C(=O)O)C1. The molecule has 2 fully saturated rings. The van der Waals surface area contributed by atoms with Crippen molar-refractivity contribution >= 4 is 12.0 Å². The molecule has 0 aromatic carbocycles. The Morgan fingerprint density at radius 1 is 1.24 bits per heavy atom. The summed E-state index contributed by atoms with van der Waals surface area (Å²) in [5.41, 5.74) is 0. The molecule has 0 bridgehead atoms. The Labute approximate surface area is 127 Å². The number of carboxylic acid groups (broad SMARTS) is 1. The molecule has 0 aliphatic carbocycles. The molecule has 0 radical (unpaired) electrons. The standard InChI is InChI=1S/C16H28N2O3/c1-4-12-5-8-18(14(9-12)15(19)20)16(21)17-7-6-13(10-17)11(2)3/h11-14H,4-10H2,1-3H3,(H,19,20). The molecule has 2 heterocycles. The van der Waals surface area contributed by atoms with Gasteiger partial charge in [0.2, 0.25) is 0 Å². The zero-order valence-electron chi connectivity index (χ0n) is 13.4. The van der Waals surface area contributed by atoms with Crippen LogP contribution in [0.1, 0.15) is 46.5 Å². The first-order valence-electron chi connectivity index (χ1n) is 8.22. The molecule has 5 nitrogen and oxygen atoms in total. The summed E-state index contributed by atoms with van der Waals surface area (Å²) in [6.07, 6.45) is 3.55. The van der Waals surface area contributed by atoms with Gasteiger partial charge in [-0.25, -0.2) is 9.59 Å². The minimum Gasteiger partial charge on any atom is -0.480 e. The fourth-order valence-corrected chi connectivity index (χ4v) is 3.56. The topological polar surface area (TPSA) is 60.9 Å². The Morgan fingerprint density at radius 2 is 1.95 bits per heavy atom. The smallest absolute Gasteiger partial charge is 0.326 e. The molecule has 21 heavy (non-hydrogen) atoms. The van der Waals surface area contributed by atoms with Gasteiger partial charge in [-0.1, -0.05) is 27.2 Å². The van der Waals surface area contributed by atoms with Crippen LogP contribution in [0.3, 0.4) is 0 Å². The van der Waals surface area contributed by atoms with E-state index in [1.807, 2.05) is 4.90 Å². The maximum atomic E-state index is 12.7. The summed E-state index contributed by atoms with van der Waals surface area (Å²) >= 11 is 0. The highest BCUT2D eigenvalue weighted by Crippen LogP contribution is 2.29. The number of rotatable bonds is 3. The molecule has 2 rings (SSSR count). The lowest BCUT2D eigenvalue weighted by Crippen LogP contribution is -2.54. The van der Waals surface area contributed by atoms with Crippen LogP contribution in [-0.4, -0.2) is 52.6 Å². The third-order valence-electron chi connectivity index (χ3n) is 5.26. The molecule has 5 heteroatoms. The normalized spacial score (nSPS) is 30.0. The predicted octanol–water partition coefficient (Wildman–Crippen LogP) is 2.66. The molecule has 1 N–H and O–H groups in total. The number of carboxylic acids is 1. The average molecular weight is 296 g/mol. The van der Waals surface area contributed by atoms with Crippen LogP contribution < -0.4 is 0 Å². The van der Waals surface area contributed by atoms with Gasteiger partial charge < -0.3 is 14.9 Å². The fraction of sp³-hybridized carbons (Fsp3) is 0.875. The highest BCUT2D eigenvalue weighted by molar-refractivity contribution is 5.83. The number of carbonyl (C=O) groups excluding carboxylic acids is 1. The van der Waals surface area contributed by atoms with Gasteiger partial charge in [-0.05, 0) is 37.0 Å². The van der Waals surface area contributed by atoms with Crippen molar-refractivity contribution in [2.75, 3.05) is 19.6 Å². The van der Waals surface area contributed by atoms with E-state index in [9.17, 15) is 14.7 Å². The fourth-order valence-electron chi connectivity index (χ4n) is 3.56. The summed E-state index contributed by atoms with van der Waals surface area (Å²) < 4.78 is 0. The maximum absolute atomic E-state index is 12.7. The lowest BCUT2D eigenvalue weighted by molar-refractivity contribution is -0.144. The second kappa shape index (κ2) is 6.67. The summed E-state index contributed by atoms with van der Waals surface area (Å²) in [4.78, 5) is 27.6. The summed E-state index contributed by atoms with van der Waals surface area (Å²) in [6, 6.07) is -0.714. The predicted molar refractivity (Wildman–Crippen MR) is 81.1 cm³/mol. The largest absolute Gasteiger partial charge is 0.480 e. The van der Waals surface area contributed by atoms with Crippen molar-refractivity contribution in [2.45, 2.75) is 52.5 Å². The van der Waals surface area contributed by atoms with Crippen LogP contribution in [-0.2, 0) is 4.79 Å². The molecule has 2 saturated heterocycles. The van der Waals surface area contributed by atoms with Crippen LogP contribution in [0.4, 0.5) is 4.79 Å². The quantitative estimate of drug-likeness (QED) is 0.871. The van der Waals surface area contributed by atoms with Gasteiger partial charge in [0.05, 0.1) is 0 Å². The summed E-state index contributed by atoms with van der Waals surface area (Å²) in [7, 11) is 0. The van der Waals surface area contributed by atoms with Crippen LogP contribution in [0.2, 0.25) is 0 Å². The van der Waals surface area contributed by atoms with Crippen molar-refractivity contribution in [2.24, 2.45) is 17.8 Å². The first-order chi connectivity index (χ1) is 9.93. The van der Waals surface area contributed by atoms with E-state index in [1.165, 1.54) is 0 Å². The number of likely N-dealkylation sites (tertiary alicyclic amines) is 2. The lowest BCUT2D eigenvalue weighted by atomic mass is 9.89. The molecule has 120 valence electrons. The van der Waals surface area contributed by atoms with Crippen LogP contribution >= 0.6 is 0 Å². The van der Waals surface area contributed by atoms with Crippen LogP contribution in [0, 0.1) is 17.8 Å². The van der Waals surface area contributed by atoms with E-state index in [-0.39, 0.29) is 6.03 Å². The molecule has 0 saturated carbocycles.